The first-order valence-corrected chi connectivity index (χ1v) is 7.65. The molecule has 8 nitrogen and oxygen atoms in total. The van der Waals surface area contributed by atoms with Crippen molar-refractivity contribution in [3.8, 4) is 11.3 Å². The second kappa shape index (κ2) is 5.89. The Hall–Kier alpha value is -3.00. The molecule has 0 spiro atoms. The molecule has 1 aliphatic heterocycles. The van der Waals surface area contributed by atoms with Gasteiger partial charge in [0.1, 0.15) is 5.82 Å². The van der Waals surface area contributed by atoms with Crippen molar-refractivity contribution in [3.05, 3.63) is 41.1 Å². The van der Waals surface area contributed by atoms with Crippen molar-refractivity contribution in [3.63, 3.8) is 0 Å². The fourth-order valence-electron chi connectivity index (χ4n) is 2.82. The predicted molar refractivity (Wildman–Crippen MR) is 90.8 cm³/mol. The van der Waals surface area contributed by atoms with Crippen LogP contribution < -0.4 is 16.2 Å². The summed E-state index contributed by atoms with van der Waals surface area (Å²) in [7, 11) is 0. The number of aromatic amines is 1. The molecule has 1 aliphatic rings. The Morgan fingerprint density at radius 1 is 1.21 bits per heavy atom. The molecule has 0 amide bonds. The lowest BCUT2D eigenvalue weighted by Gasteiger charge is -2.28. The summed E-state index contributed by atoms with van der Waals surface area (Å²) in [6, 6.07) is 3.73. The average molecular weight is 324 g/mol. The maximum atomic E-state index is 12.3. The van der Waals surface area contributed by atoms with Crippen LogP contribution in [0.15, 0.2) is 35.5 Å². The number of ether oxygens (including phenoxy) is 1. The highest BCUT2D eigenvalue weighted by atomic mass is 16.5. The van der Waals surface area contributed by atoms with Gasteiger partial charge >= 0.3 is 0 Å². The van der Waals surface area contributed by atoms with E-state index in [1.807, 2.05) is 12.1 Å². The van der Waals surface area contributed by atoms with Crippen LogP contribution in [0.25, 0.3) is 22.0 Å². The van der Waals surface area contributed by atoms with Gasteiger partial charge in [-0.25, -0.2) is 15.0 Å². The highest BCUT2D eigenvalue weighted by molar-refractivity contribution is 5.94. The smallest absolute Gasteiger partial charge is 0.259 e. The van der Waals surface area contributed by atoms with Crippen molar-refractivity contribution in [1.82, 2.24) is 19.9 Å². The standard InChI is InChI=1S/C16H16N6O2/c17-16-19-8-11(9-20-16)12-7-10-1-2-18-15(23)13(10)14(21-12)22-3-5-24-6-4-22/h1-2,7-9H,3-6H2,(H,18,23)(H2,17,19,20). The van der Waals surface area contributed by atoms with Crippen LogP contribution in [-0.4, -0.2) is 46.2 Å². The lowest BCUT2D eigenvalue weighted by Crippen LogP contribution is -2.37. The third-order valence-corrected chi connectivity index (χ3v) is 4.01. The number of hydrogen-bond acceptors (Lipinski definition) is 7. The van der Waals surface area contributed by atoms with Gasteiger partial charge < -0.3 is 20.4 Å². The average Bonchev–Trinajstić information content (AvgIpc) is 2.62. The molecule has 0 unspecified atom stereocenters. The van der Waals surface area contributed by atoms with Gasteiger partial charge in [-0.2, -0.15) is 0 Å². The van der Waals surface area contributed by atoms with Gasteiger partial charge in [-0.05, 0) is 17.5 Å². The van der Waals surface area contributed by atoms with Gasteiger partial charge in [0, 0.05) is 37.2 Å². The fraction of sp³-hybridized carbons (Fsp3) is 0.250. The van der Waals surface area contributed by atoms with E-state index >= 15 is 0 Å². The van der Waals surface area contributed by atoms with Crippen LogP contribution in [0, 0.1) is 0 Å². The first-order chi connectivity index (χ1) is 11.7. The van der Waals surface area contributed by atoms with Gasteiger partial charge in [0.25, 0.3) is 5.56 Å². The largest absolute Gasteiger partial charge is 0.378 e. The summed E-state index contributed by atoms with van der Waals surface area (Å²) in [6.07, 6.45) is 4.90. The van der Waals surface area contributed by atoms with E-state index in [9.17, 15) is 4.79 Å². The second-order valence-electron chi connectivity index (χ2n) is 5.53. The molecule has 3 N–H and O–H groups in total. The first kappa shape index (κ1) is 14.6. The van der Waals surface area contributed by atoms with Gasteiger partial charge in [0.15, 0.2) is 0 Å². The highest BCUT2D eigenvalue weighted by Gasteiger charge is 2.19. The monoisotopic (exact) mass is 324 g/mol. The summed E-state index contributed by atoms with van der Waals surface area (Å²) >= 11 is 0. The van der Waals surface area contributed by atoms with Gasteiger partial charge in [0.05, 0.1) is 24.3 Å². The van der Waals surface area contributed by atoms with Gasteiger partial charge in [0.2, 0.25) is 5.95 Å². The lowest BCUT2D eigenvalue weighted by molar-refractivity contribution is 0.122. The molecule has 3 aromatic heterocycles. The summed E-state index contributed by atoms with van der Waals surface area (Å²) < 4.78 is 5.40. The predicted octanol–water partition coefficient (Wildman–Crippen LogP) is 0.799. The van der Waals surface area contributed by atoms with E-state index in [2.05, 4.69) is 19.9 Å². The second-order valence-corrected chi connectivity index (χ2v) is 5.53. The molecule has 0 bridgehead atoms. The van der Waals surface area contributed by atoms with E-state index in [4.69, 9.17) is 15.5 Å². The number of nitrogens with zero attached hydrogens (tertiary/aromatic N) is 4. The van der Waals surface area contributed by atoms with Crippen molar-refractivity contribution in [2.75, 3.05) is 36.9 Å². The van der Waals surface area contributed by atoms with Crippen LogP contribution in [0.4, 0.5) is 11.8 Å². The van der Waals surface area contributed by atoms with Crippen LogP contribution in [0.5, 0.6) is 0 Å². The van der Waals surface area contributed by atoms with E-state index in [0.717, 1.165) is 10.9 Å². The van der Waals surface area contributed by atoms with Crippen LogP contribution in [0.1, 0.15) is 0 Å². The topological polar surface area (TPSA) is 110 Å². The molecule has 4 rings (SSSR count). The number of anilines is 2. The molecule has 0 radical (unpaired) electrons. The number of pyridine rings is 2. The number of nitrogens with one attached hydrogen (secondary N) is 1. The van der Waals surface area contributed by atoms with E-state index in [0.29, 0.717) is 43.2 Å². The van der Waals surface area contributed by atoms with E-state index < -0.39 is 0 Å². The Morgan fingerprint density at radius 2 is 1.96 bits per heavy atom. The highest BCUT2D eigenvalue weighted by Crippen LogP contribution is 2.27. The number of hydrogen-bond donors (Lipinski definition) is 2. The molecule has 8 heteroatoms. The first-order valence-electron chi connectivity index (χ1n) is 7.65. The Kier molecular flexibility index (Phi) is 3.58. The van der Waals surface area contributed by atoms with Crippen molar-refractivity contribution in [2.45, 2.75) is 0 Å². The minimum atomic E-state index is -0.151. The molecule has 4 heterocycles. The molecule has 1 fully saturated rings. The third kappa shape index (κ3) is 2.56. The molecule has 0 atom stereocenters. The molecular weight excluding hydrogens is 308 g/mol. The summed E-state index contributed by atoms with van der Waals surface area (Å²) in [4.78, 5) is 29.9. The van der Waals surface area contributed by atoms with Crippen molar-refractivity contribution in [2.24, 2.45) is 0 Å². The minimum Gasteiger partial charge on any atom is -0.378 e. The van der Waals surface area contributed by atoms with Crippen molar-refractivity contribution in [1.29, 1.82) is 0 Å². The number of fused-ring (bicyclic) bond motifs is 1. The van der Waals surface area contributed by atoms with Gasteiger partial charge in [-0.15, -0.1) is 0 Å². The maximum Gasteiger partial charge on any atom is 0.259 e. The van der Waals surface area contributed by atoms with Crippen LogP contribution in [0.2, 0.25) is 0 Å². The zero-order chi connectivity index (χ0) is 16.5. The minimum absolute atomic E-state index is 0.151. The van der Waals surface area contributed by atoms with Crippen molar-refractivity contribution < 1.29 is 4.74 Å². The summed E-state index contributed by atoms with van der Waals surface area (Å²) in [5, 5.41) is 1.40. The molecule has 0 saturated carbocycles. The number of rotatable bonds is 2. The Bertz CT molecular complexity index is 931. The SMILES string of the molecule is Nc1ncc(-c2cc3cc[nH]c(=O)c3c(N3CCOCC3)n2)cn1. The lowest BCUT2D eigenvalue weighted by atomic mass is 10.1. The van der Waals surface area contributed by atoms with Crippen LogP contribution in [0.3, 0.4) is 0 Å². The molecule has 1 saturated heterocycles. The Labute approximate surface area is 137 Å². The zero-order valence-corrected chi connectivity index (χ0v) is 12.9. The van der Waals surface area contributed by atoms with Gasteiger partial charge in [-0.1, -0.05) is 0 Å². The van der Waals surface area contributed by atoms with Crippen LogP contribution >= 0.6 is 0 Å². The zero-order valence-electron chi connectivity index (χ0n) is 12.9. The van der Waals surface area contributed by atoms with E-state index in [-0.39, 0.29) is 11.5 Å². The number of nitrogens with two attached hydrogens (primary N) is 1. The molecule has 0 aliphatic carbocycles. The normalized spacial score (nSPS) is 14.9. The number of H-pyrrole nitrogens is 1. The molecule has 0 aromatic carbocycles. The Morgan fingerprint density at radius 3 is 2.71 bits per heavy atom. The summed E-state index contributed by atoms with van der Waals surface area (Å²) in [5.74, 6) is 0.869. The maximum absolute atomic E-state index is 12.3. The van der Waals surface area contributed by atoms with Crippen molar-refractivity contribution >= 4 is 22.5 Å². The number of aromatic nitrogens is 4. The van der Waals surface area contributed by atoms with Gasteiger partial charge in [-0.3, -0.25) is 4.79 Å². The molecule has 122 valence electrons. The summed E-state index contributed by atoms with van der Waals surface area (Å²) in [6.45, 7) is 2.61. The number of morpholine rings is 1. The fourth-order valence-corrected chi connectivity index (χ4v) is 2.82. The van der Waals surface area contributed by atoms with Crippen LogP contribution in [-0.2, 0) is 4.74 Å². The quantitative estimate of drug-likeness (QED) is 0.717. The molecule has 24 heavy (non-hydrogen) atoms. The van der Waals surface area contributed by atoms with E-state index in [1.54, 1.807) is 18.6 Å². The molecule has 3 aromatic rings. The van der Waals surface area contributed by atoms with E-state index in [1.165, 1.54) is 0 Å². The third-order valence-electron chi connectivity index (χ3n) is 4.01. The summed E-state index contributed by atoms with van der Waals surface area (Å²) in [5.41, 5.74) is 6.85. The number of nitrogen functional groups attached to an aromatic ring is 1. The Balaban J connectivity index is 1.93. The molecular formula is C16H16N6O2.